The molecule has 1 atom stereocenters. The molecule has 1 heterocycles. The third-order valence-electron chi connectivity index (χ3n) is 5.71. The summed E-state index contributed by atoms with van der Waals surface area (Å²) in [6.07, 6.45) is 1.70. The molecule has 0 aliphatic carbocycles. The fourth-order valence-corrected chi connectivity index (χ4v) is 3.89. The lowest BCUT2D eigenvalue weighted by molar-refractivity contribution is 0.0264. The maximum atomic E-state index is 12.4. The molecule has 1 amide bonds. The largest absolute Gasteiger partial charge is 0.444 e. The number of hydrogen-bond donors (Lipinski definition) is 0. The average molecular weight is 404 g/mol. The Balaban J connectivity index is 2.10. The number of aryl methyl sites for hydroxylation is 1. The predicted octanol–water partition coefficient (Wildman–Crippen LogP) is 4.57. The third-order valence-corrected chi connectivity index (χ3v) is 5.71. The number of ether oxygens (including phenoxy) is 1. The summed E-state index contributed by atoms with van der Waals surface area (Å²) in [5, 5.41) is 0. The fourth-order valence-electron chi connectivity index (χ4n) is 3.89. The summed E-state index contributed by atoms with van der Waals surface area (Å²) in [6, 6.07) is 9.87. The minimum absolute atomic E-state index is 0.247. The summed E-state index contributed by atoms with van der Waals surface area (Å²) in [5.74, 6) is 0. The lowest BCUT2D eigenvalue weighted by atomic mass is 9.98. The minimum atomic E-state index is -0.465. The van der Waals surface area contributed by atoms with Crippen LogP contribution in [0.2, 0.25) is 0 Å². The molecule has 5 heteroatoms. The molecule has 2 rings (SSSR count). The second-order valence-corrected chi connectivity index (χ2v) is 9.47. The molecule has 0 bridgehead atoms. The minimum Gasteiger partial charge on any atom is -0.444 e. The quantitative estimate of drug-likeness (QED) is 0.668. The van der Waals surface area contributed by atoms with E-state index in [1.807, 2.05) is 27.8 Å². The van der Waals surface area contributed by atoms with Gasteiger partial charge in [-0.05, 0) is 58.6 Å². The maximum absolute atomic E-state index is 12.4. The molecule has 1 fully saturated rings. The zero-order chi connectivity index (χ0) is 21.6. The van der Waals surface area contributed by atoms with Crippen molar-refractivity contribution in [2.24, 2.45) is 0 Å². The van der Waals surface area contributed by atoms with Gasteiger partial charge in [0.1, 0.15) is 5.60 Å². The predicted molar refractivity (Wildman–Crippen MR) is 120 cm³/mol. The molecule has 1 aromatic carbocycles. The van der Waals surface area contributed by atoms with Crippen LogP contribution in [0, 0.1) is 0 Å². The van der Waals surface area contributed by atoms with Crippen LogP contribution in [0.4, 0.5) is 4.79 Å². The smallest absolute Gasteiger partial charge is 0.410 e. The number of hydrogen-bond acceptors (Lipinski definition) is 4. The van der Waals surface area contributed by atoms with Crippen molar-refractivity contribution in [2.45, 2.75) is 72.1 Å². The Hall–Kier alpha value is -1.59. The van der Waals surface area contributed by atoms with Crippen LogP contribution in [0.25, 0.3) is 0 Å². The van der Waals surface area contributed by atoms with Crippen LogP contribution in [0.5, 0.6) is 0 Å². The van der Waals surface area contributed by atoms with Crippen molar-refractivity contribution in [3.05, 3.63) is 35.4 Å². The van der Waals surface area contributed by atoms with Crippen molar-refractivity contribution in [2.75, 3.05) is 39.8 Å². The summed E-state index contributed by atoms with van der Waals surface area (Å²) in [6.45, 7) is 17.5. The van der Waals surface area contributed by atoms with E-state index < -0.39 is 5.60 Å². The van der Waals surface area contributed by atoms with Crippen LogP contribution in [-0.4, -0.2) is 72.2 Å². The number of carbonyl (C=O) groups excluding carboxylic acids is 1. The highest BCUT2D eigenvalue weighted by atomic mass is 16.6. The molecule has 1 aliphatic heterocycles. The van der Waals surface area contributed by atoms with Crippen molar-refractivity contribution in [1.82, 2.24) is 14.7 Å². The van der Waals surface area contributed by atoms with E-state index >= 15 is 0 Å². The van der Waals surface area contributed by atoms with Crippen molar-refractivity contribution < 1.29 is 9.53 Å². The molecule has 1 saturated heterocycles. The molecule has 0 N–H and O–H groups in total. The van der Waals surface area contributed by atoms with E-state index in [1.54, 1.807) is 4.90 Å². The Morgan fingerprint density at radius 1 is 1.14 bits per heavy atom. The number of benzene rings is 1. The molecule has 0 saturated carbocycles. The zero-order valence-electron chi connectivity index (χ0n) is 19.6. The normalized spacial score (nSPS) is 17.4. The Morgan fingerprint density at radius 2 is 1.76 bits per heavy atom. The third kappa shape index (κ3) is 7.31. The number of nitrogens with zero attached hydrogens (tertiary/aromatic N) is 3. The Labute approximate surface area is 178 Å². The molecule has 1 unspecified atom stereocenters. The molecular weight excluding hydrogens is 362 g/mol. The maximum Gasteiger partial charge on any atom is 0.410 e. The summed E-state index contributed by atoms with van der Waals surface area (Å²) < 4.78 is 5.53. The van der Waals surface area contributed by atoms with E-state index in [4.69, 9.17) is 4.74 Å². The van der Waals surface area contributed by atoms with Crippen molar-refractivity contribution in [3.8, 4) is 0 Å². The summed E-state index contributed by atoms with van der Waals surface area (Å²) in [7, 11) is 1.84. The number of rotatable bonds is 7. The van der Waals surface area contributed by atoms with Gasteiger partial charge in [0.05, 0.1) is 0 Å². The van der Waals surface area contributed by atoms with Gasteiger partial charge in [-0.3, -0.25) is 9.80 Å². The number of carbonyl (C=O) groups is 1. The van der Waals surface area contributed by atoms with E-state index in [9.17, 15) is 4.79 Å². The van der Waals surface area contributed by atoms with Crippen LogP contribution in [0.15, 0.2) is 24.3 Å². The second-order valence-electron chi connectivity index (χ2n) is 9.47. The van der Waals surface area contributed by atoms with Crippen LogP contribution < -0.4 is 0 Å². The molecule has 1 aliphatic rings. The highest BCUT2D eigenvalue weighted by Crippen LogP contribution is 2.27. The standard InChI is InChI=1S/C24H41N3O2/c1-8-20-10-9-11-21(18-20)22(27-16-14-26(15-17-27)19(2)3)12-13-25(7)23(28)29-24(4,5)6/h9-11,18-19,22H,8,12-17H2,1-7H3. The SMILES string of the molecule is CCc1cccc(C(CCN(C)C(=O)OC(C)(C)C)N2CCN(C(C)C)CC2)c1. The van der Waals surface area contributed by atoms with Crippen molar-refractivity contribution in [1.29, 1.82) is 0 Å². The highest BCUT2D eigenvalue weighted by Gasteiger charge is 2.27. The van der Waals surface area contributed by atoms with Gasteiger partial charge in [-0.25, -0.2) is 4.79 Å². The van der Waals surface area contributed by atoms with Gasteiger partial charge in [0.15, 0.2) is 0 Å². The van der Waals surface area contributed by atoms with E-state index in [1.165, 1.54) is 11.1 Å². The first-order valence-electron chi connectivity index (χ1n) is 11.1. The molecule has 5 nitrogen and oxygen atoms in total. The first-order valence-corrected chi connectivity index (χ1v) is 11.1. The lowest BCUT2D eigenvalue weighted by Crippen LogP contribution is -2.50. The van der Waals surface area contributed by atoms with Gasteiger partial charge in [-0.1, -0.05) is 31.2 Å². The molecule has 0 radical (unpaired) electrons. The molecule has 29 heavy (non-hydrogen) atoms. The Morgan fingerprint density at radius 3 is 2.31 bits per heavy atom. The molecular formula is C24H41N3O2. The average Bonchev–Trinajstić information content (AvgIpc) is 2.67. The molecule has 0 aromatic heterocycles. The van der Waals surface area contributed by atoms with Gasteiger partial charge in [0, 0.05) is 51.9 Å². The van der Waals surface area contributed by atoms with Gasteiger partial charge in [0.25, 0.3) is 0 Å². The van der Waals surface area contributed by atoms with Gasteiger partial charge in [0.2, 0.25) is 0 Å². The van der Waals surface area contributed by atoms with Crippen LogP contribution >= 0.6 is 0 Å². The summed E-state index contributed by atoms with van der Waals surface area (Å²) >= 11 is 0. The molecule has 1 aromatic rings. The first kappa shape index (κ1) is 23.7. The monoisotopic (exact) mass is 403 g/mol. The Kier molecular flexibility index (Phi) is 8.53. The van der Waals surface area contributed by atoms with Gasteiger partial charge < -0.3 is 9.64 Å². The van der Waals surface area contributed by atoms with Crippen LogP contribution in [0.3, 0.4) is 0 Å². The van der Waals surface area contributed by atoms with Crippen molar-refractivity contribution >= 4 is 6.09 Å². The topological polar surface area (TPSA) is 36.0 Å². The molecule has 0 spiro atoms. The first-order chi connectivity index (χ1) is 13.6. The van der Waals surface area contributed by atoms with Gasteiger partial charge >= 0.3 is 6.09 Å². The number of piperazine rings is 1. The van der Waals surface area contributed by atoms with E-state index in [0.717, 1.165) is 39.0 Å². The zero-order valence-corrected chi connectivity index (χ0v) is 19.6. The van der Waals surface area contributed by atoms with E-state index in [-0.39, 0.29) is 6.09 Å². The lowest BCUT2D eigenvalue weighted by Gasteiger charge is -2.41. The fraction of sp³-hybridized carbons (Fsp3) is 0.708. The Bertz CT molecular complexity index is 646. The number of amides is 1. The summed E-state index contributed by atoms with van der Waals surface area (Å²) in [4.78, 5) is 19.2. The van der Waals surface area contributed by atoms with Crippen LogP contribution in [0.1, 0.15) is 65.1 Å². The van der Waals surface area contributed by atoms with E-state index in [0.29, 0.717) is 18.6 Å². The highest BCUT2D eigenvalue weighted by molar-refractivity contribution is 5.67. The van der Waals surface area contributed by atoms with Gasteiger partial charge in [-0.15, -0.1) is 0 Å². The van der Waals surface area contributed by atoms with Crippen LogP contribution in [-0.2, 0) is 11.2 Å². The van der Waals surface area contributed by atoms with Gasteiger partial charge in [-0.2, -0.15) is 0 Å². The second kappa shape index (κ2) is 10.4. The molecule has 164 valence electrons. The van der Waals surface area contributed by atoms with E-state index in [2.05, 4.69) is 54.8 Å². The van der Waals surface area contributed by atoms with Crippen molar-refractivity contribution in [3.63, 3.8) is 0 Å². The summed E-state index contributed by atoms with van der Waals surface area (Å²) in [5.41, 5.74) is 2.27.